The normalized spacial score (nSPS) is 14.2. The molecule has 6 nitrogen and oxygen atoms in total. The standard InChI is InChI=1S/C23H23FN4O2S/c1-3-4-5-15(2)27-28-20(14-31-23(28)25-18-9-7-17(24)8-10-18)16-6-11-21-19(12-16)26-22(29)13-30-21/h6-12,14H,3-5,13H2,1-2H3,(H,26,29). The summed E-state index contributed by atoms with van der Waals surface area (Å²) in [5, 5.41) is 9.65. The summed E-state index contributed by atoms with van der Waals surface area (Å²) in [5.74, 6) is 0.165. The molecule has 0 radical (unpaired) electrons. The van der Waals surface area contributed by atoms with Gasteiger partial charge in [0, 0.05) is 16.7 Å². The molecule has 2 aromatic carbocycles. The zero-order valence-electron chi connectivity index (χ0n) is 17.4. The van der Waals surface area contributed by atoms with Crippen molar-refractivity contribution >= 4 is 34.3 Å². The van der Waals surface area contributed by atoms with Crippen LogP contribution < -0.4 is 14.9 Å². The van der Waals surface area contributed by atoms with Crippen molar-refractivity contribution in [2.24, 2.45) is 10.1 Å². The Kier molecular flexibility index (Phi) is 6.27. The molecule has 0 atom stereocenters. The predicted octanol–water partition coefficient (Wildman–Crippen LogP) is 5.33. The van der Waals surface area contributed by atoms with E-state index in [-0.39, 0.29) is 18.3 Å². The van der Waals surface area contributed by atoms with E-state index in [4.69, 9.17) is 9.84 Å². The van der Waals surface area contributed by atoms with Crippen LogP contribution in [0.5, 0.6) is 5.75 Å². The van der Waals surface area contributed by atoms with Crippen LogP contribution in [-0.2, 0) is 4.79 Å². The van der Waals surface area contributed by atoms with E-state index >= 15 is 0 Å². The lowest BCUT2D eigenvalue weighted by Gasteiger charge is -2.18. The van der Waals surface area contributed by atoms with E-state index in [1.54, 1.807) is 12.1 Å². The number of carbonyl (C=O) groups excluding carboxylic acids is 1. The Morgan fingerprint density at radius 2 is 2.06 bits per heavy atom. The molecule has 0 unspecified atom stereocenters. The molecule has 160 valence electrons. The van der Waals surface area contributed by atoms with Crippen LogP contribution in [0.1, 0.15) is 33.1 Å². The van der Waals surface area contributed by atoms with Gasteiger partial charge in [-0.1, -0.05) is 13.3 Å². The molecular weight excluding hydrogens is 415 g/mol. The molecule has 31 heavy (non-hydrogen) atoms. The molecule has 0 spiro atoms. The van der Waals surface area contributed by atoms with E-state index in [1.807, 2.05) is 35.2 Å². The first kappa shape index (κ1) is 21.0. The SMILES string of the molecule is CCCCC(C)=Nn1c(-c2ccc3c(c2)NC(=O)CO3)csc1=Nc1ccc(F)cc1. The molecule has 0 saturated heterocycles. The molecule has 1 N–H and O–H groups in total. The van der Waals surface area contributed by atoms with Crippen LogP contribution in [0.4, 0.5) is 15.8 Å². The Labute approximate surface area is 183 Å². The second-order valence-corrected chi connectivity index (χ2v) is 8.13. The molecular formula is C23H23FN4O2S. The Morgan fingerprint density at radius 1 is 1.26 bits per heavy atom. The highest BCUT2D eigenvalue weighted by Gasteiger charge is 2.18. The van der Waals surface area contributed by atoms with Gasteiger partial charge in [-0.15, -0.1) is 11.3 Å². The van der Waals surface area contributed by atoms with Gasteiger partial charge in [0.15, 0.2) is 6.61 Å². The van der Waals surface area contributed by atoms with Crippen LogP contribution in [-0.4, -0.2) is 22.9 Å². The van der Waals surface area contributed by atoms with Gasteiger partial charge < -0.3 is 10.1 Å². The number of hydrogen-bond acceptors (Lipinski definition) is 5. The van der Waals surface area contributed by atoms with E-state index < -0.39 is 0 Å². The molecule has 0 fully saturated rings. The monoisotopic (exact) mass is 438 g/mol. The zero-order chi connectivity index (χ0) is 21.8. The third-order valence-electron chi connectivity index (χ3n) is 4.81. The summed E-state index contributed by atoms with van der Waals surface area (Å²) in [4.78, 5) is 17.1. The lowest BCUT2D eigenvalue weighted by molar-refractivity contribution is -0.118. The molecule has 0 saturated carbocycles. The largest absolute Gasteiger partial charge is 0.482 e. The second kappa shape index (κ2) is 9.26. The lowest BCUT2D eigenvalue weighted by Crippen LogP contribution is -2.25. The van der Waals surface area contributed by atoms with Crippen LogP contribution in [0.25, 0.3) is 11.3 Å². The van der Waals surface area contributed by atoms with Gasteiger partial charge in [-0.05, 0) is 62.2 Å². The molecule has 4 rings (SSSR count). The molecule has 2 heterocycles. The van der Waals surface area contributed by atoms with Crippen molar-refractivity contribution < 1.29 is 13.9 Å². The minimum absolute atomic E-state index is 0.0203. The first-order valence-corrected chi connectivity index (χ1v) is 11.0. The van der Waals surface area contributed by atoms with Crippen LogP contribution in [0, 0.1) is 5.82 Å². The van der Waals surface area contributed by atoms with E-state index in [1.165, 1.54) is 23.5 Å². The van der Waals surface area contributed by atoms with Gasteiger partial charge in [-0.25, -0.2) is 14.1 Å². The minimum Gasteiger partial charge on any atom is -0.482 e. The van der Waals surface area contributed by atoms with Gasteiger partial charge in [-0.2, -0.15) is 5.10 Å². The minimum atomic E-state index is -0.301. The van der Waals surface area contributed by atoms with Crippen LogP contribution in [0.15, 0.2) is 57.9 Å². The number of nitrogens with zero attached hydrogens (tertiary/aromatic N) is 3. The number of halogens is 1. The maximum absolute atomic E-state index is 13.3. The first-order valence-electron chi connectivity index (χ1n) is 10.2. The number of aromatic nitrogens is 1. The number of thiazole rings is 1. The van der Waals surface area contributed by atoms with Crippen molar-refractivity contribution in [3.63, 3.8) is 0 Å². The molecule has 1 aliphatic heterocycles. The van der Waals surface area contributed by atoms with Crippen molar-refractivity contribution in [1.29, 1.82) is 0 Å². The average molecular weight is 439 g/mol. The molecule has 1 aromatic heterocycles. The highest BCUT2D eigenvalue weighted by atomic mass is 32.1. The lowest BCUT2D eigenvalue weighted by atomic mass is 10.1. The van der Waals surface area contributed by atoms with Crippen LogP contribution >= 0.6 is 11.3 Å². The van der Waals surface area contributed by atoms with Gasteiger partial charge in [0.25, 0.3) is 5.91 Å². The van der Waals surface area contributed by atoms with Crippen LogP contribution in [0.3, 0.4) is 0 Å². The average Bonchev–Trinajstić information content (AvgIpc) is 3.15. The highest BCUT2D eigenvalue weighted by Crippen LogP contribution is 2.33. The zero-order valence-corrected chi connectivity index (χ0v) is 18.2. The Bertz CT molecular complexity index is 1200. The number of ether oxygens (including phenoxy) is 1. The number of unbranched alkanes of at least 4 members (excludes halogenated alkanes) is 1. The van der Waals surface area contributed by atoms with Crippen molar-refractivity contribution in [2.75, 3.05) is 11.9 Å². The van der Waals surface area contributed by atoms with Crippen molar-refractivity contribution in [1.82, 2.24) is 4.68 Å². The number of benzene rings is 2. The van der Waals surface area contributed by atoms with Gasteiger partial charge >= 0.3 is 0 Å². The summed E-state index contributed by atoms with van der Waals surface area (Å²) in [7, 11) is 0. The number of nitrogens with one attached hydrogen (secondary N) is 1. The molecule has 0 bridgehead atoms. The number of amides is 1. The van der Waals surface area contributed by atoms with Gasteiger partial charge in [0.1, 0.15) is 11.6 Å². The number of anilines is 1. The maximum atomic E-state index is 13.3. The predicted molar refractivity (Wildman–Crippen MR) is 122 cm³/mol. The van der Waals surface area contributed by atoms with Crippen LogP contribution in [0.2, 0.25) is 0 Å². The van der Waals surface area contributed by atoms with E-state index in [2.05, 4.69) is 17.2 Å². The Hall–Kier alpha value is -3.26. The van der Waals surface area contributed by atoms with Crippen molar-refractivity contribution in [2.45, 2.75) is 33.1 Å². The van der Waals surface area contributed by atoms with Gasteiger partial charge in [0.05, 0.1) is 17.1 Å². The second-order valence-electron chi connectivity index (χ2n) is 7.29. The van der Waals surface area contributed by atoms with E-state index in [0.29, 0.717) is 21.9 Å². The number of rotatable bonds is 6. The van der Waals surface area contributed by atoms with Crippen molar-refractivity contribution in [3.8, 4) is 17.0 Å². The molecule has 3 aromatic rings. The fourth-order valence-electron chi connectivity index (χ4n) is 3.19. The number of carbonyl (C=O) groups is 1. The maximum Gasteiger partial charge on any atom is 0.262 e. The van der Waals surface area contributed by atoms with Crippen molar-refractivity contribution in [3.05, 3.63) is 58.5 Å². The fourth-order valence-corrected chi connectivity index (χ4v) is 4.04. The summed E-state index contributed by atoms with van der Waals surface area (Å²) in [6, 6.07) is 11.7. The van der Waals surface area contributed by atoms with E-state index in [9.17, 15) is 9.18 Å². The highest BCUT2D eigenvalue weighted by molar-refractivity contribution is 7.07. The third kappa shape index (κ3) is 4.91. The van der Waals surface area contributed by atoms with Gasteiger partial charge in [-0.3, -0.25) is 4.79 Å². The summed E-state index contributed by atoms with van der Waals surface area (Å²) in [6.45, 7) is 4.17. The Balaban J connectivity index is 1.81. The number of fused-ring (bicyclic) bond motifs is 1. The summed E-state index contributed by atoms with van der Waals surface area (Å²) in [6.07, 6.45) is 3.04. The number of hydrogen-bond donors (Lipinski definition) is 1. The molecule has 8 heteroatoms. The summed E-state index contributed by atoms with van der Waals surface area (Å²) >= 11 is 1.45. The molecule has 1 aliphatic rings. The summed E-state index contributed by atoms with van der Waals surface area (Å²) in [5.41, 5.74) is 4.01. The summed E-state index contributed by atoms with van der Waals surface area (Å²) < 4.78 is 20.6. The fraction of sp³-hybridized carbons (Fsp3) is 0.261. The quantitative estimate of drug-likeness (QED) is 0.528. The molecule has 1 amide bonds. The third-order valence-corrected chi connectivity index (χ3v) is 5.62. The first-order chi connectivity index (χ1) is 15.0. The molecule has 0 aliphatic carbocycles. The van der Waals surface area contributed by atoms with Gasteiger partial charge in [0.2, 0.25) is 4.80 Å². The smallest absolute Gasteiger partial charge is 0.262 e. The topological polar surface area (TPSA) is 68.0 Å². The Morgan fingerprint density at radius 3 is 2.84 bits per heavy atom. The van der Waals surface area contributed by atoms with E-state index in [0.717, 1.165) is 36.2 Å².